The van der Waals surface area contributed by atoms with Crippen molar-refractivity contribution in [2.45, 2.75) is 24.9 Å². The van der Waals surface area contributed by atoms with Crippen LogP contribution in [0.4, 0.5) is 4.79 Å². The number of piperidine rings is 1. The molecule has 3 nitrogen and oxygen atoms in total. The van der Waals surface area contributed by atoms with Crippen LogP contribution in [0.3, 0.4) is 0 Å². The zero-order chi connectivity index (χ0) is 17.3. The molecule has 0 aromatic heterocycles. The molecule has 2 aromatic carbocycles. The van der Waals surface area contributed by atoms with E-state index in [0.29, 0.717) is 6.61 Å². The molecule has 2 aliphatic rings. The lowest BCUT2D eigenvalue weighted by molar-refractivity contribution is 0.0823. The zero-order valence-electron chi connectivity index (χ0n) is 14.0. The number of carbonyl (C=O) groups is 1. The Bertz CT molecular complexity index is 808. The summed E-state index contributed by atoms with van der Waals surface area (Å²) < 4.78 is 6.57. The Balaban J connectivity index is 1.38. The molecule has 128 valence electrons. The first-order valence-electron chi connectivity index (χ1n) is 8.61. The smallest absolute Gasteiger partial charge is 0.410 e. The third-order valence-corrected chi connectivity index (χ3v) is 5.74. The topological polar surface area (TPSA) is 29.5 Å². The molecule has 1 spiro atoms. The van der Waals surface area contributed by atoms with Crippen molar-refractivity contribution in [2.75, 3.05) is 13.1 Å². The lowest BCUT2D eigenvalue weighted by Gasteiger charge is -2.38. The average Bonchev–Trinajstić information content (AvgIpc) is 2.98. The summed E-state index contributed by atoms with van der Waals surface area (Å²) in [4.78, 5) is 14.2. The van der Waals surface area contributed by atoms with Crippen LogP contribution in [-0.2, 0) is 16.8 Å². The standard InChI is InChI=1S/C21H20BrNO2/c22-18-6-7-19-17(14-18)8-9-21(19)10-12-23(13-11-21)20(24)25-15-16-4-2-1-3-5-16/h1-9,14H,10-13,15H2. The van der Waals surface area contributed by atoms with Crippen molar-refractivity contribution in [3.63, 3.8) is 0 Å². The molecule has 2 aromatic rings. The number of ether oxygens (including phenoxy) is 1. The van der Waals surface area contributed by atoms with Crippen LogP contribution in [0.5, 0.6) is 0 Å². The third-order valence-electron chi connectivity index (χ3n) is 5.25. The van der Waals surface area contributed by atoms with Crippen molar-refractivity contribution in [2.24, 2.45) is 0 Å². The molecule has 0 unspecified atom stereocenters. The average molecular weight is 398 g/mol. The summed E-state index contributed by atoms with van der Waals surface area (Å²) >= 11 is 3.54. The minimum atomic E-state index is -0.211. The largest absolute Gasteiger partial charge is 0.445 e. The summed E-state index contributed by atoms with van der Waals surface area (Å²) in [6, 6.07) is 16.3. The lowest BCUT2D eigenvalue weighted by Crippen LogP contribution is -2.44. The van der Waals surface area contributed by atoms with Crippen molar-refractivity contribution < 1.29 is 9.53 Å². The van der Waals surface area contributed by atoms with E-state index in [9.17, 15) is 4.79 Å². The molecule has 1 aliphatic heterocycles. The molecule has 1 heterocycles. The summed E-state index contributed by atoms with van der Waals surface area (Å²) in [5.41, 5.74) is 3.76. The van der Waals surface area contributed by atoms with E-state index in [1.54, 1.807) is 0 Å². The number of likely N-dealkylation sites (tertiary alicyclic amines) is 1. The van der Waals surface area contributed by atoms with Gasteiger partial charge < -0.3 is 9.64 Å². The van der Waals surface area contributed by atoms with E-state index in [1.807, 2.05) is 35.2 Å². The second kappa shape index (κ2) is 6.68. The normalized spacial score (nSPS) is 17.6. The maximum atomic E-state index is 12.3. The van der Waals surface area contributed by atoms with Gasteiger partial charge in [0.25, 0.3) is 0 Å². The van der Waals surface area contributed by atoms with Crippen LogP contribution >= 0.6 is 15.9 Å². The number of rotatable bonds is 2. The highest BCUT2D eigenvalue weighted by Gasteiger charge is 2.39. The molecule has 0 atom stereocenters. The maximum Gasteiger partial charge on any atom is 0.410 e. The van der Waals surface area contributed by atoms with Gasteiger partial charge in [-0.3, -0.25) is 0 Å². The Hall–Kier alpha value is -2.07. The SMILES string of the molecule is O=C(OCc1ccccc1)N1CCC2(C=Cc3cc(Br)ccc32)CC1. The highest BCUT2D eigenvalue weighted by atomic mass is 79.9. The molecule has 25 heavy (non-hydrogen) atoms. The van der Waals surface area contributed by atoms with Gasteiger partial charge in [0.1, 0.15) is 6.61 Å². The zero-order valence-corrected chi connectivity index (χ0v) is 15.5. The molecular weight excluding hydrogens is 378 g/mol. The van der Waals surface area contributed by atoms with Gasteiger partial charge in [-0.15, -0.1) is 0 Å². The van der Waals surface area contributed by atoms with Crippen LogP contribution in [0.25, 0.3) is 6.08 Å². The quantitative estimate of drug-likeness (QED) is 0.701. The predicted molar refractivity (Wildman–Crippen MR) is 102 cm³/mol. The number of halogens is 1. The first-order valence-corrected chi connectivity index (χ1v) is 9.41. The van der Waals surface area contributed by atoms with Crippen molar-refractivity contribution >= 4 is 28.1 Å². The highest BCUT2D eigenvalue weighted by molar-refractivity contribution is 9.10. The minimum absolute atomic E-state index is 0.0756. The summed E-state index contributed by atoms with van der Waals surface area (Å²) in [6.45, 7) is 1.79. The summed E-state index contributed by atoms with van der Waals surface area (Å²) in [5, 5.41) is 0. The van der Waals surface area contributed by atoms with Crippen LogP contribution in [0.15, 0.2) is 59.1 Å². The molecule has 4 heteroatoms. The van der Waals surface area contributed by atoms with Gasteiger partial charge in [0, 0.05) is 23.0 Å². The number of hydrogen-bond donors (Lipinski definition) is 0. The number of hydrogen-bond acceptors (Lipinski definition) is 2. The number of carbonyl (C=O) groups excluding carboxylic acids is 1. The van der Waals surface area contributed by atoms with Gasteiger partial charge in [0.2, 0.25) is 0 Å². The van der Waals surface area contributed by atoms with E-state index in [-0.39, 0.29) is 11.5 Å². The van der Waals surface area contributed by atoms with Gasteiger partial charge >= 0.3 is 6.09 Å². The Morgan fingerprint density at radius 1 is 1.12 bits per heavy atom. The van der Waals surface area contributed by atoms with Crippen molar-refractivity contribution in [1.29, 1.82) is 0 Å². The first-order chi connectivity index (χ1) is 12.2. The Morgan fingerprint density at radius 2 is 1.88 bits per heavy atom. The van der Waals surface area contributed by atoms with E-state index in [2.05, 4.69) is 46.3 Å². The molecule has 0 bridgehead atoms. The molecule has 1 aliphatic carbocycles. The van der Waals surface area contributed by atoms with Crippen molar-refractivity contribution in [3.8, 4) is 0 Å². The molecule has 1 saturated heterocycles. The van der Waals surface area contributed by atoms with E-state index >= 15 is 0 Å². The molecule has 1 amide bonds. The van der Waals surface area contributed by atoms with Gasteiger partial charge in [0.15, 0.2) is 0 Å². The Kier molecular flexibility index (Phi) is 4.38. The second-order valence-corrected chi connectivity index (χ2v) is 7.66. The number of nitrogens with zero attached hydrogens (tertiary/aromatic N) is 1. The van der Waals surface area contributed by atoms with Crippen LogP contribution < -0.4 is 0 Å². The Labute approximate surface area is 156 Å². The molecule has 0 radical (unpaired) electrons. The van der Waals surface area contributed by atoms with Crippen molar-refractivity contribution in [3.05, 3.63) is 75.8 Å². The fourth-order valence-electron chi connectivity index (χ4n) is 3.80. The van der Waals surface area contributed by atoms with Crippen LogP contribution in [0.1, 0.15) is 29.5 Å². The number of fused-ring (bicyclic) bond motifs is 2. The molecular formula is C21H20BrNO2. The second-order valence-electron chi connectivity index (χ2n) is 6.75. The molecule has 0 N–H and O–H groups in total. The monoisotopic (exact) mass is 397 g/mol. The van der Waals surface area contributed by atoms with Gasteiger partial charge in [-0.1, -0.05) is 64.5 Å². The minimum Gasteiger partial charge on any atom is -0.445 e. The van der Waals surface area contributed by atoms with Crippen LogP contribution in [0.2, 0.25) is 0 Å². The number of benzene rings is 2. The third kappa shape index (κ3) is 3.23. The Morgan fingerprint density at radius 3 is 2.64 bits per heavy atom. The van der Waals surface area contributed by atoms with Gasteiger partial charge in [-0.25, -0.2) is 4.79 Å². The molecule has 0 saturated carbocycles. The fourth-order valence-corrected chi connectivity index (χ4v) is 4.18. The predicted octanol–water partition coefficient (Wildman–Crippen LogP) is 5.15. The van der Waals surface area contributed by atoms with E-state index in [4.69, 9.17) is 4.74 Å². The summed E-state index contributed by atoms with van der Waals surface area (Å²) in [6.07, 6.45) is 6.20. The lowest BCUT2D eigenvalue weighted by atomic mass is 9.74. The van der Waals surface area contributed by atoms with E-state index in [0.717, 1.165) is 36.0 Å². The summed E-state index contributed by atoms with van der Waals surface area (Å²) in [7, 11) is 0. The van der Waals surface area contributed by atoms with E-state index < -0.39 is 0 Å². The maximum absolute atomic E-state index is 12.3. The summed E-state index contributed by atoms with van der Waals surface area (Å²) in [5.74, 6) is 0. The number of amides is 1. The fraction of sp³-hybridized carbons (Fsp3) is 0.286. The van der Waals surface area contributed by atoms with Crippen LogP contribution in [0, 0.1) is 0 Å². The van der Waals surface area contributed by atoms with E-state index in [1.165, 1.54) is 11.1 Å². The van der Waals surface area contributed by atoms with Gasteiger partial charge in [0.05, 0.1) is 0 Å². The van der Waals surface area contributed by atoms with Crippen molar-refractivity contribution in [1.82, 2.24) is 4.90 Å². The molecule has 4 rings (SSSR count). The van der Waals surface area contributed by atoms with Gasteiger partial charge in [-0.05, 0) is 41.7 Å². The van der Waals surface area contributed by atoms with Crippen LogP contribution in [-0.4, -0.2) is 24.1 Å². The molecule has 1 fully saturated rings. The number of allylic oxidation sites excluding steroid dienone is 1. The van der Waals surface area contributed by atoms with Gasteiger partial charge in [-0.2, -0.15) is 0 Å². The first kappa shape index (κ1) is 16.4. The highest BCUT2D eigenvalue weighted by Crippen LogP contribution is 2.44.